The lowest BCUT2D eigenvalue weighted by molar-refractivity contribution is -0.269. The van der Waals surface area contributed by atoms with Crippen LogP contribution in [-0.4, -0.2) is 22.3 Å². The van der Waals surface area contributed by atoms with Crippen molar-refractivity contribution in [3.8, 4) is 5.75 Å². The average Bonchev–Trinajstić information content (AvgIpc) is 2.16. The molecule has 0 fully saturated rings. The summed E-state index contributed by atoms with van der Waals surface area (Å²) in [4.78, 5) is 33.8. The van der Waals surface area contributed by atoms with Crippen LogP contribution in [0.5, 0.6) is 5.75 Å². The molecule has 1 rings (SSSR count). The first-order chi connectivity index (χ1) is 7.06. The molecule has 0 radical (unpaired) electrons. The van der Waals surface area contributed by atoms with E-state index in [4.69, 9.17) is 5.11 Å². The van der Waals surface area contributed by atoms with Gasteiger partial charge in [0.1, 0.15) is 12.0 Å². The molecule has 0 spiro atoms. The summed E-state index contributed by atoms with van der Waals surface area (Å²) >= 11 is 0. The Hall–Kier alpha value is -2.11. The van der Waals surface area contributed by atoms with E-state index in [-0.39, 0.29) is 18.4 Å². The lowest BCUT2D eigenvalue weighted by atomic mass is 10.1. The number of aromatic nitrogens is 1. The number of aromatic amines is 1. The molecule has 0 aliphatic rings. The summed E-state index contributed by atoms with van der Waals surface area (Å²) in [6.45, 7) is 0. The fourth-order valence-electron chi connectivity index (χ4n) is 1.12. The van der Waals surface area contributed by atoms with Gasteiger partial charge in [0.05, 0.1) is 0 Å². The second kappa shape index (κ2) is 4.41. The first-order valence-corrected chi connectivity index (χ1v) is 4.16. The first kappa shape index (κ1) is 11.0. The predicted octanol–water partition coefficient (Wildman–Crippen LogP) is -0.722. The number of carbonyl (C=O) groups is 2. The largest absolute Gasteiger partial charge is 0.872 e. The molecule has 2 N–H and O–H groups in total. The molecule has 0 amide bonds. The first-order valence-electron chi connectivity index (χ1n) is 4.16. The maximum Gasteiger partial charge on any atom is 0.352 e. The number of hydrogen-bond donors (Lipinski definition) is 2. The number of carboxylic acids is 1. The molecule has 0 unspecified atom stereocenters. The Kier molecular flexibility index (Phi) is 3.22. The highest BCUT2D eigenvalue weighted by Gasteiger charge is 2.07. The summed E-state index contributed by atoms with van der Waals surface area (Å²) in [7, 11) is 0. The van der Waals surface area contributed by atoms with Crippen LogP contribution in [0.4, 0.5) is 0 Å². The second-order valence-electron chi connectivity index (χ2n) is 2.87. The van der Waals surface area contributed by atoms with Crippen LogP contribution in [0.25, 0.3) is 0 Å². The number of nitrogens with one attached hydrogen (secondary N) is 1. The van der Waals surface area contributed by atoms with Crippen molar-refractivity contribution in [1.82, 2.24) is 4.98 Å². The van der Waals surface area contributed by atoms with E-state index in [0.29, 0.717) is 6.29 Å². The normalized spacial score (nSPS) is 9.87. The monoisotopic (exact) mass is 210 g/mol. The fourth-order valence-corrected chi connectivity index (χ4v) is 1.12. The molecule has 0 bridgehead atoms. The summed E-state index contributed by atoms with van der Waals surface area (Å²) in [5.41, 5.74) is -1.28. The third kappa shape index (κ3) is 2.43. The zero-order valence-corrected chi connectivity index (χ0v) is 7.65. The lowest BCUT2D eigenvalue weighted by Gasteiger charge is -2.11. The number of aromatic carboxylic acids is 1. The number of hydrogen-bond acceptors (Lipinski definition) is 4. The van der Waals surface area contributed by atoms with Gasteiger partial charge in [-0.25, -0.2) is 4.79 Å². The third-order valence-electron chi connectivity index (χ3n) is 1.84. The van der Waals surface area contributed by atoms with Crippen LogP contribution in [0, 0.1) is 0 Å². The molecule has 80 valence electrons. The van der Waals surface area contributed by atoms with Gasteiger partial charge in [0, 0.05) is 12.0 Å². The smallest absolute Gasteiger partial charge is 0.352 e. The van der Waals surface area contributed by atoms with E-state index in [2.05, 4.69) is 4.98 Å². The fraction of sp³-hybridized carbons (Fsp3) is 0.222. The highest BCUT2D eigenvalue weighted by atomic mass is 16.4. The van der Waals surface area contributed by atoms with Gasteiger partial charge in [0.25, 0.3) is 5.56 Å². The van der Waals surface area contributed by atoms with E-state index in [1.165, 1.54) is 0 Å². The quantitative estimate of drug-likeness (QED) is 0.637. The van der Waals surface area contributed by atoms with Crippen molar-refractivity contribution in [2.45, 2.75) is 12.8 Å². The van der Waals surface area contributed by atoms with Crippen LogP contribution < -0.4 is 10.7 Å². The summed E-state index contributed by atoms with van der Waals surface area (Å²) in [5.74, 6) is -2.02. The van der Waals surface area contributed by atoms with Gasteiger partial charge in [-0.05, 0) is 12.5 Å². The number of H-pyrrole nitrogens is 1. The van der Waals surface area contributed by atoms with Crippen molar-refractivity contribution in [3.63, 3.8) is 0 Å². The van der Waals surface area contributed by atoms with E-state index in [9.17, 15) is 19.5 Å². The van der Waals surface area contributed by atoms with E-state index in [1.807, 2.05) is 0 Å². The number of carboxylic acid groups (broad SMARTS) is 1. The SMILES string of the molecule is O=CCCc1c([O-])cc(C(=O)O)[nH]c1=O. The van der Waals surface area contributed by atoms with Crippen molar-refractivity contribution >= 4 is 12.3 Å². The Morgan fingerprint density at radius 1 is 1.60 bits per heavy atom. The molecular formula is C9H8NO5-. The molecule has 0 aromatic carbocycles. The van der Waals surface area contributed by atoms with Gasteiger partial charge in [-0.15, -0.1) is 0 Å². The summed E-state index contributed by atoms with van der Waals surface area (Å²) in [6.07, 6.45) is 0.673. The Balaban J connectivity index is 3.15. The van der Waals surface area contributed by atoms with Gasteiger partial charge < -0.3 is 20.0 Å². The molecular weight excluding hydrogens is 202 g/mol. The maximum absolute atomic E-state index is 11.3. The standard InChI is InChI=1S/C9H9NO5/c11-3-1-2-5-7(12)4-6(9(14)15)10-8(5)13/h3-4H,1-2H2,(H,14,15)(H2,10,12,13)/p-1. The Morgan fingerprint density at radius 2 is 2.27 bits per heavy atom. The second-order valence-corrected chi connectivity index (χ2v) is 2.87. The van der Waals surface area contributed by atoms with Crippen molar-refractivity contribution in [2.75, 3.05) is 0 Å². The minimum Gasteiger partial charge on any atom is -0.872 e. The average molecular weight is 210 g/mol. The minimum absolute atomic E-state index is 0.0254. The molecule has 0 saturated heterocycles. The predicted molar refractivity (Wildman–Crippen MR) is 47.9 cm³/mol. The van der Waals surface area contributed by atoms with Gasteiger partial charge in [-0.2, -0.15) is 0 Å². The molecule has 1 heterocycles. The molecule has 1 aromatic rings. The van der Waals surface area contributed by atoms with Crippen LogP contribution in [-0.2, 0) is 11.2 Å². The van der Waals surface area contributed by atoms with Crippen LogP contribution in [0.2, 0.25) is 0 Å². The Labute approximate surface area is 84.2 Å². The topological polar surface area (TPSA) is 110 Å². The molecule has 6 heteroatoms. The van der Waals surface area contributed by atoms with Crippen LogP contribution >= 0.6 is 0 Å². The van der Waals surface area contributed by atoms with Crippen LogP contribution in [0.15, 0.2) is 10.9 Å². The minimum atomic E-state index is -1.37. The van der Waals surface area contributed by atoms with Crippen LogP contribution in [0.3, 0.4) is 0 Å². The molecule has 15 heavy (non-hydrogen) atoms. The molecule has 1 aromatic heterocycles. The number of carbonyl (C=O) groups excluding carboxylic acids is 1. The summed E-state index contributed by atoms with van der Waals surface area (Å²) in [6, 6.07) is 0.837. The third-order valence-corrected chi connectivity index (χ3v) is 1.84. The maximum atomic E-state index is 11.3. The Morgan fingerprint density at radius 3 is 2.73 bits per heavy atom. The molecule has 0 aliphatic carbocycles. The van der Waals surface area contributed by atoms with Crippen molar-refractivity contribution in [1.29, 1.82) is 0 Å². The number of rotatable bonds is 4. The zero-order valence-electron chi connectivity index (χ0n) is 7.65. The molecule has 0 atom stereocenters. The molecule has 0 saturated carbocycles. The lowest BCUT2D eigenvalue weighted by Crippen LogP contribution is -2.20. The van der Waals surface area contributed by atoms with E-state index < -0.39 is 23.0 Å². The van der Waals surface area contributed by atoms with Gasteiger partial charge in [0.2, 0.25) is 0 Å². The van der Waals surface area contributed by atoms with E-state index >= 15 is 0 Å². The van der Waals surface area contributed by atoms with Gasteiger partial charge in [-0.1, -0.05) is 5.75 Å². The van der Waals surface area contributed by atoms with Gasteiger partial charge in [0.15, 0.2) is 0 Å². The highest BCUT2D eigenvalue weighted by Crippen LogP contribution is 2.11. The van der Waals surface area contributed by atoms with E-state index in [1.54, 1.807) is 0 Å². The molecule has 6 nitrogen and oxygen atoms in total. The van der Waals surface area contributed by atoms with Crippen LogP contribution in [0.1, 0.15) is 22.5 Å². The number of aldehydes is 1. The number of pyridine rings is 1. The Bertz CT molecular complexity index is 448. The highest BCUT2D eigenvalue weighted by molar-refractivity contribution is 5.85. The van der Waals surface area contributed by atoms with E-state index in [0.717, 1.165) is 6.07 Å². The summed E-state index contributed by atoms with van der Waals surface area (Å²) < 4.78 is 0. The van der Waals surface area contributed by atoms with Crippen molar-refractivity contribution < 1.29 is 19.8 Å². The summed E-state index contributed by atoms with van der Waals surface area (Å²) in [5, 5.41) is 19.8. The van der Waals surface area contributed by atoms with Crippen molar-refractivity contribution in [3.05, 3.63) is 27.7 Å². The zero-order chi connectivity index (χ0) is 11.4. The van der Waals surface area contributed by atoms with Gasteiger partial charge in [-0.3, -0.25) is 4.79 Å². The molecule has 0 aliphatic heterocycles. The van der Waals surface area contributed by atoms with Crippen molar-refractivity contribution in [2.24, 2.45) is 0 Å². The van der Waals surface area contributed by atoms with Gasteiger partial charge >= 0.3 is 5.97 Å².